The molecule has 0 bridgehead atoms. The molecule has 0 aliphatic rings. The standard InChI is InChI=1S/C14H9BrOS/c15-12-6-3-5-10(8-12)14(16)13-7-2-1-4-11(13)9-17/h1-9H. The molecule has 0 radical (unpaired) electrons. The molecule has 0 saturated carbocycles. The monoisotopic (exact) mass is 304 g/mol. The predicted octanol–water partition coefficient (Wildman–Crippen LogP) is 4.03. The van der Waals surface area contributed by atoms with Crippen molar-refractivity contribution in [3.63, 3.8) is 0 Å². The lowest BCUT2D eigenvalue weighted by atomic mass is 9.99. The van der Waals surface area contributed by atoms with Crippen LogP contribution in [0.1, 0.15) is 21.5 Å². The Balaban J connectivity index is 2.47. The van der Waals surface area contributed by atoms with Gasteiger partial charge in [0.25, 0.3) is 0 Å². The second-order valence-electron chi connectivity index (χ2n) is 3.54. The van der Waals surface area contributed by atoms with Crippen molar-refractivity contribution >= 4 is 39.3 Å². The van der Waals surface area contributed by atoms with Gasteiger partial charge in [-0.25, -0.2) is 0 Å². The SMILES string of the molecule is O=C(c1cccc(Br)c1)c1ccccc1C=S. The highest BCUT2D eigenvalue weighted by molar-refractivity contribution is 9.10. The van der Waals surface area contributed by atoms with Crippen LogP contribution in [0.4, 0.5) is 0 Å². The normalized spacial score (nSPS) is 9.94. The van der Waals surface area contributed by atoms with Crippen molar-refractivity contribution in [2.75, 3.05) is 0 Å². The zero-order valence-electron chi connectivity index (χ0n) is 8.89. The highest BCUT2D eigenvalue weighted by atomic mass is 79.9. The number of carbonyl (C=O) groups excluding carboxylic acids is 1. The van der Waals surface area contributed by atoms with E-state index in [1.807, 2.05) is 36.4 Å². The molecular weight excluding hydrogens is 296 g/mol. The van der Waals surface area contributed by atoms with Gasteiger partial charge in [-0.3, -0.25) is 4.79 Å². The Hall–Kier alpha value is -1.32. The van der Waals surface area contributed by atoms with Crippen molar-refractivity contribution in [2.45, 2.75) is 0 Å². The van der Waals surface area contributed by atoms with E-state index in [0.29, 0.717) is 11.1 Å². The summed E-state index contributed by atoms with van der Waals surface area (Å²) in [4.78, 5) is 12.3. The van der Waals surface area contributed by atoms with Crippen molar-refractivity contribution in [3.8, 4) is 0 Å². The van der Waals surface area contributed by atoms with Gasteiger partial charge in [0.15, 0.2) is 5.78 Å². The average Bonchev–Trinajstić information content (AvgIpc) is 2.38. The maximum absolute atomic E-state index is 12.3. The molecular formula is C14H9BrOS. The van der Waals surface area contributed by atoms with Crippen LogP contribution in [0.25, 0.3) is 0 Å². The molecule has 0 fully saturated rings. The Morgan fingerprint density at radius 2 is 1.88 bits per heavy atom. The summed E-state index contributed by atoms with van der Waals surface area (Å²) in [6.45, 7) is 0. The fraction of sp³-hybridized carbons (Fsp3) is 0. The minimum Gasteiger partial charge on any atom is -0.289 e. The van der Waals surface area contributed by atoms with Crippen molar-refractivity contribution in [1.82, 2.24) is 0 Å². The summed E-state index contributed by atoms with van der Waals surface area (Å²) >= 11 is 8.27. The van der Waals surface area contributed by atoms with Gasteiger partial charge in [0.2, 0.25) is 0 Å². The van der Waals surface area contributed by atoms with Gasteiger partial charge in [-0.1, -0.05) is 64.5 Å². The van der Waals surface area contributed by atoms with Gasteiger partial charge in [0.05, 0.1) is 0 Å². The van der Waals surface area contributed by atoms with Crippen molar-refractivity contribution < 1.29 is 4.79 Å². The molecule has 2 aromatic carbocycles. The van der Waals surface area contributed by atoms with Crippen LogP contribution in [0.5, 0.6) is 0 Å². The van der Waals surface area contributed by atoms with E-state index >= 15 is 0 Å². The average molecular weight is 305 g/mol. The topological polar surface area (TPSA) is 17.1 Å². The summed E-state index contributed by atoms with van der Waals surface area (Å²) in [5, 5.41) is 1.53. The van der Waals surface area contributed by atoms with Gasteiger partial charge >= 0.3 is 0 Å². The van der Waals surface area contributed by atoms with Crippen LogP contribution >= 0.6 is 28.1 Å². The van der Waals surface area contributed by atoms with Crippen LogP contribution in [0.3, 0.4) is 0 Å². The summed E-state index contributed by atoms with van der Waals surface area (Å²) in [5.41, 5.74) is 2.08. The molecule has 0 aliphatic heterocycles. The van der Waals surface area contributed by atoms with Crippen molar-refractivity contribution in [1.29, 1.82) is 0 Å². The first-order valence-electron chi connectivity index (χ1n) is 5.07. The number of thiocarbonyl (C=S) groups is 1. The third-order valence-electron chi connectivity index (χ3n) is 2.42. The molecule has 2 rings (SSSR count). The highest BCUT2D eigenvalue weighted by Crippen LogP contribution is 2.17. The van der Waals surface area contributed by atoms with E-state index < -0.39 is 0 Å². The smallest absolute Gasteiger partial charge is 0.193 e. The van der Waals surface area contributed by atoms with E-state index in [4.69, 9.17) is 12.2 Å². The fourth-order valence-electron chi connectivity index (χ4n) is 1.59. The van der Waals surface area contributed by atoms with Crippen LogP contribution in [0.15, 0.2) is 53.0 Å². The number of benzene rings is 2. The quantitative estimate of drug-likeness (QED) is 0.629. The molecule has 0 atom stereocenters. The number of hydrogen-bond donors (Lipinski definition) is 0. The molecule has 0 spiro atoms. The number of ketones is 1. The van der Waals surface area contributed by atoms with Crippen molar-refractivity contribution in [2.24, 2.45) is 0 Å². The number of hydrogen-bond acceptors (Lipinski definition) is 2. The minimum absolute atomic E-state index is 0.0111. The van der Waals surface area contributed by atoms with E-state index in [0.717, 1.165) is 10.0 Å². The van der Waals surface area contributed by atoms with E-state index in [2.05, 4.69) is 15.9 Å². The molecule has 17 heavy (non-hydrogen) atoms. The van der Waals surface area contributed by atoms with Crippen LogP contribution in [0, 0.1) is 0 Å². The molecule has 0 heterocycles. The van der Waals surface area contributed by atoms with E-state index in [-0.39, 0.29) is 5.78 Å². The van der Waals surface area contributed by atoms with Crippen LogP contribution in [0.2, 0.25) is 0 Å². The lowest BCUT2D eigenvalue weighted by Gasteiger charge is -2.04. The van der Waals surface area contributed by atoms with Crippen LogP contribution in [-0.2, 0) is 0 Å². The van der Waals surface area contributed by atoms with Gasteiger partial charge in [0, 0.05) is 21.0 Å². The summed E-state index contributed by atoms with van der Waals surface area (Å²) in [6, 6.07) is 14.7. The predicted molar refractivity (Wildman–Crippen MR) is 76.8 cm³/mol. The Morgan fingerprint density at radius 1 is 1.12 bits per heavy atom. The number of carbonyl (C=O) groups is 1. The maximum atomic E-state index is 12.3. The first kappa shape index (κ1) is 12.1. The first-order valence-corrected chi connectivity index (χ1v) is 6.33. The maximum Gasteiger partial charge on any atom is 0.193 e. The molecule has 0 unspecified atom stereocenters. The second-order valence-corrected chi connectivity index (χ2v) is 4.70. The van der Waals surface area contributed by atoms with Crippen LogP contribution in [-0.4, -0.2) is 11.2 Å². The molecule has 0 aromatic heterocycles. The Labute approximate surface area is 114 Å². The largest absolute Gasteiger partial charge is 0.289 e. The minimum atomic E-state index is -0.0111. The molecule has 3 heteroatoms. The summed E-state index contributed by atoms with van der Waals surface area (Å²) in [6.07, 6.45) is 0. The van der Waals surface area contributed by atoms with E-state index in [9.17, 15) is 4.79 Å². The molecule has 84 valence electrons. The van der Waals surface area contributed by atoms with Gasteiger partial charge < -0.3 is 0 Å². The zero-order chi connectivity index (χ0) is 12.3. The lowest BCUT2D eigenvalue weighted by molar-refractivity contribution is 0.103. The Morgan fingerprint density at radius 3 is 2.59 bits per heavy atom. The summed E-state index contributed by atoms with van der Waals surface area (Å²) in [5.74, 6) is -0.0111. The summed E-state index contributed by atoms with van der Waals surface area (Å²) in [7, 11) is 0. The lowest BCUT2D eigenvalue weighted by Crippen LogP contribution is -2.04. The van der Waals surface area contributed by atoms with Gasteiger partial charge in [-0.2, -0.15) is 0 Å². The highest BCUT2D eigenvalue weighted by Gasteiger charge is 2.11. The fourth-order valence-corrected chi connectivity index (χ4v) is 2.20. The Kier molecular flexibility index (Phi) is 3.82. The molecule has 0 N–H and O–H groups in total. The molecule has 0 aliphatic carbocycles. The van der Waals surface area contributed by atoms with Crippen LogP contribution < -0.4 is 0 Å². The third kappa shape index (κ3) is 2.68. The van der Waals surface area contributed by atoms with Gasteiger partial charge in [-0.15, -0.1) is 0 Å². The van der Waals surface area contributed by atoms with Gasteiger partial charge in [-0.05, 0) is 17.7 Å². The van der Waals surface area contributed by atoms with E-state index in [1.165, 1.54) is 5.37 Å². The molecule has 0 saturated heterocycles. The van der Waals surface area contributed by atoms with Gasteiger partial charge in [0.1, 0.15) is 0 Å². The first-order chi connectivity index (χ1) is 8.22. The molecule has 2 aromatic rings. The van der Waals surface area contributed by atoms with Crippen molar-refractivity contribution in [3.05, 3.63) is 69.7 Å². The van der Waals surface area contributed by atoms with E-state index in [1.54, 1.807) is 12.1 Å². The zero-order valence-corrected chi connectivity index (χ0v) is 11.3. The second kappa shape index (κ2) is 5.34. The number of rotatable bonds is 3. The third-order valence-corrected chi connectivity index (χ3v) is 3.17. The summed E-state index contributed by atoms with van der Waals surface area (Å²) < 4.78 is 0.892. The Bertz CT molecular complexity index is 578. The molecule has 1 nitrogen and oxygen atoms in total. The number of halogens is 1. The molecule has 0 amide bonds.